The van der Waals surface area contributed by atoms with Crippen molar-refractivity contribution in [3.8, 4) is 11.1 Å². The number of nitrogens with one attached hydrogen (secondary N) is 1. The monoisotopic (exact) mass is 253 g/mol. The zero-order chi connectivity index (χ0) is 13.2. The Hall–Kier alpha value is -2.13. The normalized spacial score (nSPS) is 13.9. The molecule has 96 valence electrons. The molecule has 3 nitrogen and oxygen atoms in total. The first-order valence-electron chi connectivity index (χ1n) is 6.41. The largest absolute Gasteiger partial charge is 0.478 e. The Kier molecular flexibility index (Phi) is 3.05. The minimum absolute atomic E-state index is 0.332. The van der Waals surface area contributed by atoms with Gasteiger partial charge >= 0.3 is 5.97 Å². The van der Waals surface area contributed by atoms with Gasteiger partial charge in [-0.1, -0.05) is 30.3 Å². The van der Waals surface area contributed by atoms with Crippen molar-refractivity contribution in [3.63, 3.8) is 0 Å². The fourth-order valence-corrected chi connectivity index (χ4v) is 2.60. The molecule has 0 aliphatic carbocycles. The number of carboxylic acids is 1. The molecular weight excluding hydrogens is 238 g/mol. The van der Waals surface area contributed by atoms with Crippen molar-refractivity contribution in [3.05, 3.63) is 59.2 Å². The highest BCUT2D eigenvalue weighted by atomic mass is 16.4. The lowest BCUT2D eigenvalue weighted by Crippen LogP contribution is -2.24. The van der Waals surface area contributed by atoms with Crippen LogP contribution in [0.4, 0.5) is 0 Å². The van der Waals surface area contributed by atoms with Crippen LogP contribution in [0.25, 0.3) is 11.1 Å². The molecule has 0 aromatic heterocycles. The molecular formula is C16H15NO2. The van der Waals surface area contributed by atoms with Gasteiger partial charge in [0.1, 0.15) is 0 Å². The molecule has 0 atom stereocenters. The average molecular weight is 253 g/mol. The second-order valence-corrected chi connectivity index (χ2v) is 4.76. The van der Waals surface area contributed by atoms with Crippen molar-refractivity contribution in [2.45, 2.75) is 13.0 Å². The van der Waals surface area contributed by atoms with Crippen LogP contribution in [0, 0.1) is 0 Å². The molecule has 0 saturated heterocycles. The van der Waals surface area contributed by atoms with Crippen LogP contribution in [0.3, 0.4) is 0 Å². The quantitative estimate of drug-likeness (QED) is 0.865. The Morgan fingerprint density at radius 2 is 2.00 bits per heavy atom. The van der Waals surface area contributed by atoms with E-state index in [4.69, 9.17) is 5.11 Å². The lowest BCUT2D eigenvalue weighted by molar-refractivity contribution is 0.0697. The minimum Gasteiger partial charge on any atom is -0.478 e. The molecule has 1 aliphatic heterocycles. The van der Waals surface area contributed by atoms with Gasteiger partial charge in [0.2, 0.25) is 0 Å². The summed E-state index contributed by atoms with van der Waals surface area (Å²) in [6.45, 7) is 1.86. The van der Waals surface area contributed by atoms with E-state index in [1.807, 2.05) is 12.1 Å². The zero-order valence-corrected chi connectivity index (χ0v) is 10.5. The predicted octanol–water partition coefficient (Wildman–Crippen LogP) is 2.70. The van der Waals surface area contributed by atoms with Gasteiger partial charge in [-0.3, -0.25) is 0 Å². The molecule has 19 heavy (non-hydrogen) atoms. The summed E-state index contributed by atoms with van der Waals surface area (Å²) in [4.78, 5) is 11.1. The molecule has 1 heterocycles. The third-order valence-electron chi connectivity index (χ3n) is 3.57. The number of fused-ring (bicyclic) bond motifs is 1. The molecule has 0 unspecified atom stereocenters. The Bertz CT molecular complexity index is 634. The van der Waals surface area contributed by atoms with Gasteiger partial charge in [-0.25, -0.2) is 4.79 Å². The van der Waals surface area contributed by atoms with Crippen LogP contribution in [0.2, 0.25) is 0 Å². The third kappa shape index (κ3) is 2.25. The summed E-state index contributed by atoms with van der Waals surface area (Å²) in [7, 11) is 0. The smallest absolute Gasteiger partial charge is 0.335 e. The molecule has 0 radical (unpaired) electrons. The first kappa shape index (κ1) is 11.9. The summed E-state index contributed by atoms with van der Waals surface area (Å²) in [6, 6.07) is 13.4. The van der Waals surface area contributed by atoms with Gasteiger partial charge in [-0.2, -0.15) is 0 Å². The van der Waals surface area contributed by atoms with Crippen molar-refractivity contribution in [2.75, 3.05) is 6.54 Å². The molecule has 1 aliphatic rings. The predicted molar refractivity (Wildman–Crippen MR) is 74.2 cm³/mol. The van der Waals surface area contributed by atoms with Gasteiger partial charge < -0.3 is 10.4 Å². The fraction of sp³-hybridized carbons (Fsp3) is 0.188. The molecule has 2 aromatic carbocycles. The van der Waals surface area contributed by atoms with Gasteiger partial charge in [0, 0.05) is 6.54 Å². The number of benzene rings is 2. The fourth-order valence-electron chi connectivity index (χ4n) is 2.60. The van der Waals surface area contributed by atoms with Crippen molar-refractivity contribution in [1.82, 2.24) is 5.32 Å². The van der Waals surface area contributed by atoms with E-state index >= 15 is 0 Å². The number of carboxylic acid groups (broad SMARTS) is 1. The average Bonchev–Trinajstić information content (AvgIpc) is 2.47. The summed E-state index contributed by atoms with van der Waals surface area (Å²) in [6.07, 6.45) is 1.03. The van der Waals surface area contributed by atoms with Crippen molar-refractivity contribution in [1.29, 1.82) is 0 Å². The van der Waals surface area contributed by atoms with Crippen LogP contribution in [-0.2, 0) is 13.0 Å². The van der Waals surface area contributed by atoms with Crippen LogP contribution in [-0.4, -0.2) is 17.6 Å². The lowest BCUT2D eigenvalue weighted by atomic mass is 9.91. The van der Waals surface area contributed by atoms with Crippen molar-refractivity contribution >= 4 is 5.97 Å². The van der Waals surface area contributed by atoms with Gasteiger partial charge in [-0.05, 0) is 47.4 Å². The summed E-state index contributed by atoms with van der Waals surface area (Å²) < 4.78 is 0. The highest BCUT2D eigenvalue weighted by Gasteiger charge is 2.14. The van der Waals surface area contributed by atoms with E-state index in [0.717, 1.165) is 30.6 Å². The molecule has 0 amide bonds. The number of rotatable bonds is 2. The van der Waals surface area contributed by atoms with Crippen LogP contribution in [0.1, 0.15) is 21.5 Å². The SMILES string of the molecule is O=C(O)c1cccc(-c2cccc3c2CNCC3)c1. The maximum absolute atomic E-state index is 11.1. The van der Waals surface area contributed by atoms with Gasteiger partial charge in [-0.15, -0.1) is 0 Å². The molecule has 0 saturated carbocycles. The number of carbonyl (C=O) groups is 1. The molecule has 2 N–H and O–H groups in total. The van der Waals surface area contributed by atoms with E-state index in [-0.39, 0.29) is 0 Å². The van der Waals surface area contributed by atoms with E-state index in [0.29, 0.717) is 5.56 Å². The molecule has 3 rings (SSSR count). The van der Waals surface area contributed by atoms with E-state index in [1.54, 1.807) is 18.2 Å². The third-order valence-corrected chi connectivity index (χ3v) is 3.57. The summed E-state index contributed by atoms with van der Waals surface area (Å²) >= 11 is 0. The van der Waals surface area contributed by atoms with Crippen molar-refractivity contribution in [2.24, 2.45) is 0 Å². The number of hydrogen-bond donors (Lipinski definition) is 2. The maximum atomic E-state index is 11.1. The number of hydrogen-bond acceptors (Lipinski definition) is 2. The zero-order valence-electron chi connectivity index (χ0n) is 10.5. The lowest BCUT2D eigenvalue weighted by Gasteiger charge is -2.20. The highest BCUT2D eigenvalue weighted by molar-refractivity contribution is 5.89. The Labute approximate surface area is 111 Å². The Morgan fingerprint density at radius 3 is 2.84 bits per heavy atom. The van der Waals surface area contributed by atoms with E-state index in [1.165, 1.54) is 11.1 Å². The van der Waals surface area contributed by atoms with E-state index < -0.39 is 5.97 Å². The second-order valence-electron chi connectivity index (χ2n) is 4.76. The van der Waals surface area contributed by atoms with Gasteiger partial charge in [0.25, 0.3) is 0 Å². The van der Waals surface area contributed by atoms with Crippen molar-refractivity contribution < 1.29 is 9.90 Å². The molecule has 2 aromatic rings. The molecule has 0 bridgehead atoms. The topological polar surface area (TPSA) is 49.3 Å². The highest BCUT2D eigenvalue weighted by Crippen LogP contribution is 2.28. The first-order chi connectivity index (χ1) is 9.25. The summed E-state index contributed by atoms with van der Waals surface area (Å²) in [5.74, 6) is -0.884. The van der Waals surface area contributed by atoms with Gasteiger partial charge in [0.05, 0.1) is 5.56 Å². The molecule has 3 heteroatoms. The Morgan fingerprint density at radius 1 is 1.16 bits per heavy atom. The van der Waals surface area contributed by atoms with Crippen LogP contribution in [0.5, 0.6) is 0 Å². The standard InChI is InChI=1S/C16H15NO2/c18-16(19)13-5-1-4-12(9-13)14-6-2-3-11-7-8-17-10-15(11)14/h1-6,9,17H,7-8,10H2,(H,18,19). The maximum Gasteiger partial charge on any atom is 0.335 e. The first-order valence-corrected chi connectivity index (χ1v) is 6.41. The second kappa shape index (κ2) is 4.86. The summed E-state index contributed by atoms with van der Waals surface area (Å²) in [5.41, 5.74) is 5.08. The van der Waals surface area contributed by atoms with Crippen LogP contribution in [0.15, 0.2) is 42.5 Å². The van der Waals surface area contributed by atoms with Gasteiger partial charge in [0.15, 0.2) is 0 Å². The molecule has 0 spiro atoms. The van der Waals surface area contributed by atoms with E-state index in [2.05, 4.69) is 17.4 Å². The number of aromatic carboxylic acids is 1. The Balaban J connectivity index is 2.12. The van der Waals surface area contributed by atoms with Crippen LogP contribution < -0.4 is 5.32 Å². The molecule has 0 fully saturated rings. The summed E-state index contributed by atoms with van der Waals surface area (Å²) in [5, 5.41) is 12.5. The minimum atomic E-state index is -0.884. The van der Waals surface area contributed by atoms with Crippen LogP contribution >= 0.6 is 0 Å². The van der Waals surface area contributed by atoms with E-state index in [9.17, 15) is 4.79 Å².